The minimum Gasteiger partial charge on any atom is -0.496 e. The lowest BCUT2D eigenvalue weighted by Gasteiger charge is -2.21. The summed E-state index contributed by atoms with van der Waals surface area (Å²) in [6.07, 6.45) is 0.584. The fourth-order valence-electron chi connectivity index (χ4n) is 3.34. The summed E-state index contributed by atoms with van der Waals surface area (Å²) in [5, 5.41) is 4.27. The highest BCUT2D eigenvalue weighted by atomic mass is 35.5. The van der Waals surface area contributed by atoms with Gasteiger partial charge in [0, 0.05) is 41.4 Å². The molecule has 0 saturated heterocycles. The van der Waals surface area contributed by atoms with Crippen molar-refractivity contribution in [2.75, 3.05) is 7.11 Å². The number of H-pyrrole nitrogens is 1. The lowest BCUT2D eigenvalue weighted by atomic mass is 10.0. The molecule has 5 nitrogen and oxygen atoms in total. The summed E-state index contributed by atoms with van der Waals surface area (Å²) in [7, 11) is 1.69. The van der Waals surface area contributed by atoms with E-state index in [1.165, 1.54) is 0 Å². The molecule has 0 radical (unpaired) electrons. The molecule has 0 amide bonds. The van der Waals surface area contributed by atoms with E-state index in [1.54, 1.807) is 20.1 Å². The molecule has 6 heteroatoms. The molecule has 2 N–H and O–H groups in total. The Kier molecular flexibility index (Phi) is 6.49. The van der Waals surface area contributed by atoms with Crippen LogP contribution in [-0.2, 0) is 13.0 Å². The maximum absolute atomic E-state index is 11.8. The van der Waals surface area contributed by atoms with Crippen molar-refractivity contribution in [1.29, 1.82) is 0 Å². The fraction of sp³-hybridized carbons (Fsp3) is 0.273. The van der Waals surface area contributed by atoms with E-state index >= 15 is 0 Å². The van der Waals surface area contributed by atoms with Gasteiger partial charge >= 0.3 is 0 Å². The van der Waals surface area contributed by atoms with Crippen molar-refractivity contribution in [3.05, 3.63) is 92.1 Å². The molecule has 0 spiro atoms. The second kappa shape index (κ2) is 9.04. The Balaban J connectivity index is 1.87. The normalized spacial score (nSPS) is 12.0. The summed E-state index contributed by atoms with van der Waals surface area (Å²) in [6.45, 7) is 4.44. The smallest absolute Gasteiger partial charge is 0.251 e. The van der Waals surface area contributed by atoms with Crippen LogP contribution in [0.1, 0.15) is 34.3 Å². The average Bonchev–Trinajstić information content (AvgIpc) is 2.65. The third-order valence-electron chi connectivity index (χ3n) is 4.64. The Morgan fingerprint density at radius 3 is 2.61 bits per heavy atom. The molecule has 1 heterocycles. The zero-order valence-corrected chi connectivity index (χ0v) is 17.0. The molecule has 0 fully saturated rings. The minimum absolute atomic E-state index is 0.0313. The molecule has 0 aliphatic heterocycles. The van der Waals surface area contributed by atoms with Gasteiger partial charge in [-0.05, 0) is 37.1 Å². The molecule has 2 aromatic carbocycles. The second-order valence-corrected chi connectivity index (χ2v) is 7.22. The number of aromatic nitrogens is 2. The van der Waals surface area contributed by atoms with Crippen molar-refractivity contribution in [3.63, 3.8) is 0 Å². The average molecular weight is 398 g/mol. The number of rotatable bonds is 7. The maximum atomic E-state index is 11.8. The van der Waals surface area contributed by atoms with Gasteiger partial charge in [-0.15, -0.1) is 0 Å². The number of aromatic amines is 1. The van der Waals surface area contributed by atoms with E-state index in [9.17, 15) is 4.79 Å². The molecule has 0 aliphatic carbocycles. The van der Waals surface area contributed by atoms with E-state index in [-0.39, 0.29) is 11.6 Å². The van der Waals surface area contributed by atoms with Gasteiger partial charge < -0.3 is 15.0 Å². The summed E-state index contributed by atoms with van der Waals surface area (Å²) in [6, 6.07) is 15.3. The lowest BCUT2D eigenvalue weighted by Crippen LogP contribution is -2.24. The Hall–Kier alpha value is -2.63. The van der Waals surface area contributed by atoms with Gasteiger partial charge in [-0.25, -0.2) is 4.98 Å². The number of methoxy groups -OCH3 is 1. The number of para-hydroxylation sites is 1. The lowest BCUT2D eigenvalue weighted by molar-refractivity contribution is 0.402. The van der Waals surface area contributed by atoms with Crippen LogP contribution < -0.4 is 15.6 Å². The summed E-state index contributed by atoms with van der Waals surface area (Å²) in [5.74, 6) is 1.49. The van der Waals surface area contributed by atoms with Crippen molar-refractivity contribution in [2.24, 2.45) is 0 Å². The largest absolute Gasteiger partial charge is 0.496 e. The van der Waals surface area contributed by atoms with E-state index in [0.717, 1.165) is 28.1 Å². The Labute approximate surface area is 169 Å². The molecular formula is C22H24ClN3O2. The summed E-state index contributed by atoms with van der Waals surface area (Å²) >= 11 is 6.05. The molecule has 0 bridgehead atoms. The van der Waals surface area contributed by atoms with Crippen LogP contribution in [0.2, 0.25) is 5.02 Å². The van der Waals surface area contributed by atoms with Crippen LogP contribution >= 0.6 is 11.6 Å². The molecule has 0 aliphatic rings. The first-order chi connectivity index (χ1) is 13.5. The van der Waals surface area contributed by atoms with E-state index in [4.69, 9.17) is 16.3 Å². The predicted octanol–water partition coefficient (Wildman–Crippen LogP) is 4.12. The van der Waals surface area contributed by atoms with Crippen molar-refractivity contribution < 1.29 is 4.74 Å². The van der Waals surface area contributed by atoms with Crippen LogP contribution in [-0.4, -0.2) is 17.1 Å². The number of hydrogen-bond acceptors (Lipinski definition) is 4. The highest BCUT2D eigenvalue weighted by Crippen LogP contribution is 2.25. The third-order valence-corrected chi connectivity index (χ3v) is 4.89. The van der Waals surface area contributed by atoms with Crippen LogP contribution in [0.4, 0.5) is 0 Å². The van der Waals surface area contributed by atoms with Gasteiger partial charge in [0.2, 0.25) is 0 Å². The van der Waals surface area contributed by atoms with E-state index < -0.39 is 0 Å². The van der Waals surface area contributed by atoms with E-state index in [0.29, 0.717) is 23.8 Å². The zero-order chi connectivity index (χ0) is 20.1. The van der Waals surface area contributed by atoms with Gasteiger partial charge in [0.1, 0.15) is 11.6 Å². The van der Waals surface area contributed by atoms with Crippen LogP contribution in [0.5, 0.6) is 5.75 Å². The molecule has 3 aromatic rings. The third kappa shape index (κ3) is 5.00. The van der Waals surface area contributed by atoms with Crippen LogP contribution in [0, 0.1) is 13.8 Å². The molecular weight excluding hydrogens is 374 g/mol. The van der Waals surface area contributed by atoms with Crippen molar-refractivity contribution >= 4 is 11.6 Å². The highest BCUT2D eigenvalue weighted by molar-refractivity contribution is 6.30. The topological polar surface area (TPSA) is 67.0 Å². The molecule has 1 aromatic heterocycles. The second-order valence-electron chi connectivity index (χ2n) is 6.78. The first-order valence-electron chi connectivity index (χ1n) is 9.14. The number of ether oxygens (including phenoxy) is 1. The summed E-state index contributed by atoms with van der Waals surface area (Å²) in [4.78, 5) is 19.0. The molecule has 146 valence electrons. The monoisotopic (exact) mass is 397 g/mol. The van der Waals surface area contributed by atoms with Crippen LogP contribution in [0.15, 0.2) is 53.3 Å². The van der Waals surface area contributed by atoms with Gasteiger partial charge in [0.05, 0.1) is 7.11 Å². The van der Waals surface area contributed by atoms with Gasteiger partial charge in [-0.2, -0.15) is 0 Å². The number of nitrogens with zero attached hydrogens (tertiary/aromatic N) is 1. The Morgan fingerprint density at radius 2 is 1.93 bits per heavy atom. The SMILES string of the molecule is COc1c(C)cccc1CN[C@H](Cc1cc(=O)[nH]c(C)n1)c1ccc(Cl)cc1. The summed E-state index contributed by atoms with van der Waals surface area (Å²) < 4.78 is 5.56. The molecule has 1 atom stereocenters. The minimum atomic E-state index is -0.141. The maximum Gasteiger partial charge on any atom is 0.251 e. The standard InChI is InChI=1S/C22H24ClN3O2/c1-14-5-4-6-17(22(14)28-3)13-24-20(16-7-9-18(23)10-8-16)11-19-12-21(27)26-15(2)25-19/h4-10,12,20,24H,11,13H2,1-3H3,(H,25,26,27)/t20-/m1/s1. The van der Waals surface area contributed by atoms with Gasteiger partial charge in [0.25, 0.3) is 5.56 Å². The Bertz CT molecular complexity index is 999. The predicted molar refractivity (Wildman–Crippen MR) is 112 cm³/mol. The first-order valence-corrected chi connectivity index (χ1v) is 9.52. The summed E-state index contributed by atoms with van der Waals surface area (Å²) in [5.41, 5.74) is 3.85. The van der Waals surface area contributed by atoms with Crippen molar-refractivity contribution in [3.8, 4) is 5.75 Å². The molecule has 0 saturated carbocycles. The quantitative estimate of drug-likeness (QED) is 0.629. The number of benzene rings is 2. The van der Waals surface area contributed by atoms with Crippen molar-refractivity contribution in [2.45, 2.75) is 32.9 Å². The van der Waals surface area contributed by atoms with Gasteiger partial charge in [0.15, 0.2) is 0 Å². The highest BCUT2D eigenvalue weighted by Gasteiger charge is 2.15. The van der Waals surface area contributed by atoms with Crippen LogP contribution in [0.3, 0.4) is 0 Å². The Morgan fingerprint density at radius 1 is 1.18 bits per heavy atom. The number of hydrogen-bond donors (Lipinski definition) is 2. The molecule has 0 unspecified atom stereocenters. The van der Waals surface area contributed by atoms with Gasteiger partial charge in [-0.3, -0.25) is 4.79 Å². The van der Waals surface area contributed by atoms with E-state index in [2.05, 4.69) is 15.3 Å². The molecule has 28 heavy (non-hydrogen) atoms. The molecule has 3 rings (SSSR count). The van der Waals surface area contributed by atoms with Crippen LogP contribution in [0.25, 0.3) is 0 Å². The fourth-order valence-corrected chi connectivity index (χ4v) is 3.46. The first kappa shape index (κ1) is 20.1. The number of aryl methyl sites for hydroxylation is 2. The zero-order valence-electron chi connectivity index (χ0n) is 16.3. The number of halogens is 1. The van der Waals surface area contributed by atoms with Gasteiger partial charge in [-0.1, -0.05) is 41.9 Å². The van der Waals surface area contributed by atoms with E-state index in [1.807, 2.05) is 49.4 Å². The van der Waals surface area contributed by atoms with Crippen molar-refractivity contribution in [1.82, 2.24) is 15.3 Å². The number of nitrogens with one attached hydrogen (secondary N) is 2.